The molecule has 0 aliphatic carbocycles. The van der Waals surface area contributed by atoms with E-state index in [1.807, 2.05) is 25.1 Å². The number of anilines is 2. The molecular formula is C25H29N3O4. The number of benzene rings is 2. The highest BCUT2D eigenvalue weighted by Gasteiger charge is 2.34. The Morgan fingerprint density at radius 1 is 1.03 bits per heavy atom. The van der Waals surface area contributed by atoms with Crippen LogP contribution in [-0.2, 0) is 9.59 Å². The molecule has 0 saturated carbocycles. The smallest absolute Gasteiger partial charge is 0.268 e. The van der Waals surface area contributed by atoms with E-state index in [-0.39, 0.29) is 24.1 Å². The van der Waals surface area contributed by atoms with E-state index in [9.17, 15) is 14.4 Å². The van der Waals surface area contributed by atoms with Crippen LogP contribution in [0.1, 0.15) is 37.0 Å². The van der Waals surface area contributed by atoms with Crippen LogP contribution in [0.4, 0.5) is 11.4 Å². The van der Waals surface area contributed by atoms with Gasteiger partial charge >= 0.3 is 0 Å². The van der Waals surface area contributed by atoms with E-state index in [1.54, 1.807) is 30.0 Å². The van der Waals surface area contributed by atoms with Gasteiger partial charge in [0.1, 0.15) is 12.3 Å². The number of piperazine rings is 1. The monoisotopic (exact) mass is 435 g/mol. The van der Waals surface area contributed by atoms with Gasteiger partial charge in [-0.05, 0) is 43.7 Å². The van der Waals surface area contributed by atoms with Gasteiger partial charge in [-0.15, -0.1) is 0 Å². The van der Waals surface area contributed by atoms with Crippen molar-refractivity contribution in [2.24, 2.45) is 0 Å². The van der Waals surface area contributed by atoms with Crippen LogP contribution in [0.5, 0.6) is 5.75 Å². The summed E-state index contributed by atoms with van der Waals surface area (Å²) in [6.45, 7) is 6.26. The predicted octanol–water partition coefficient (Wildman–Crippen LogP) is 3.13. The van der Waals surface area contributed by atoms with Crippen LogP contribution in [0.2, 0.25) is 0 Å². The summed E-state index contributed by atoms with van der Waals surface area (Å²) in [7, 11) is 0. The van der Waals surface area contributed by atoms with E-state index in [1.165, 1.54) is 4.90 Å². The molecule has 0 N–H and O–H groups in total. The molecule has 2 heterocycles. The third-order valence-electron chi connectivity index (χ3n) is 6.01. The van der Waals surface area contributed by atoms with Crippen molar-refractivity contribution in [1.29, 1.82) is 0 Å². The normalized spacial score (nSPS) is 18.2. The number of ketones is 1. The van der Waals surface area contributed by atoms with Gasteiger partial charge in [0.15, 0.2) is 11.9 Å². The van der Waals surface area contributed by atoms with Crippen molar-refractivity contribution in [3.8, 4) is 5.75 Å². The zero-order chi connectivity index (χ0) is 22.7. The maximum atomic E-state index is 13.1. The molecule has 4 rings (SSSR count). The predicted molar refractivity (Wildman–Crippen MR) is 123 cm³/mol. The van der Waals surface area contributed by atoms with Crippen molar-refractivity contribution in [3.05, 3.63) is 54.1 Å². The van der Waals surface area contributed by atoms with E-state index < -0.39 is 6.10 Å². The summed E-state index contributed by atoms with van der Waals surface area (Å²) in [6, 6.07) is 15.3. The third kappa shape index (κ3) is 4.47. The highest BCUT2D eigenvalue weighted by Crippen LogP contribution is 2.35. The number of fused-ring (bicyclic) bond motifs is 1. The number of para-hydroxylation sites is 1. The first-order valence-corrected chi connectivity index (χ1v) is 11.2. The Labute approximate surface area is 188 Å². The molecule has 2 aromatic rings. The first-order valence-electron chi connectivity index (χ1n) is 11.2. The van der Waals surface area contributed by atoms with Crippen LogP contribution in [0.25, 0.3) is 0 Å². The molecule has 0 aromatic heterocycles. The molecule has 32 heavy (non-hydrogen) atoms. The van der Waals surface area contributed by atoms with Gasteiger partial charge in [-0.3, -0.25) is 19.3 Å². The van der Waals surface area contributed by atoms with Gasteiger partial charge in [0.05, 0.1) is 5.69 Å². The Morgan fingerprint density at radius 3 is 2.44 bits per heavy atom. The van der Waals surface area contributed by atoms with Crippen molar-refractivity contribution in [3.63, 3.8) is 0 Å². The number of ether oxygens (including phenoxy) is 1. The van der Waals surface area contributed by atoms with Crippen molar-refractivity contribution >= 4 is 29.0 Å². The van der Waals surface area contributed by atoms with Crippen LogP contribution >= 0.6 is 0 Å². The Kier molecular flexibility index (Phi) is 6.44. The first-order chi connectivity index (χ1) is 15.5. The lowest BCUT2D eigenvalue weighted by Gasteiger charge is -2.38. The van der Waals surface area contributed by atoms with E-state index in [0.717, 1.165) is 25.2 Å². The molecule has 7 nitrogen and oxygen atoms in total. The van der Waals surface area contributed by atoms with E-state index in [2.05, 4.69) is 17.0 Å². The Bertz CT molecular complexity index is 1000. The van der Waals surface area contributed by atoms with Crippen LogP contribution in [0.3, 0.4) is 0 Å². The van der Waals surface area contributed by atoms with Gasteiger partial charge in [-0.2, -0.15) is 0 Å². The standard InChI is InChI=1S/C25H29N3O4/c1-3-7-22(29)19-10-11-23-21(16-19)28(25(31)18(2)32-23)17-24(30)27-14-12-26(13-15-27)20-8-5-4-6-9-20/h4-6,8-11,16,18H,3,7,12-15,17H2,1-2H3. The second kappa shape index (κ2) is 9.42. The number of rotatable bonds is 6. The molecule has 1 unspecified atom stereocenters. The largest absolute Gasteiger partial charge is 0.479 e. The average Bonchev–Trinajstić information content (AvgIpc) is 2.82. The van der Waals surface area contributed by atoms with Crippen molar-refractivity contribution in [2.75, 3.05) is 42.5 Å². The highest BCUT2D eigenvalue weighted by molar-refractivity contribution is 6.05. The lowest BCUT2D eigenvalue weighted by atomic mass is 10.0. The second-order valence-electron chi connectivity index (χ2n) is 8.24. The molecule has 0 bridgehead atoms. The zero-order valence-corrected chi connectivity index (χ0v) is 18.6. The van der Waals surface area contributed by atoms with Gasteiger partial charge in [0, 0.05) is 43.9 Å². The summed E-state index contributed by atoms with van der Waals surface area (Å²) in [4.78, 5) is 43.9. The Balaban J connectivity index is 1.47. The van der Waals surface area contributed by atoms with Crippen LogP contribution in [-0.4, -0.2) is 61.3 Å². The van der Waals surface area contributed by atoms with E-state index in [0.29, 0.717) is 36.5 Å². The Morgan fingerprint density at radius 2 is 1.75 bits per heavy atom. The molecule has 2 aliphatic rings. The SMILES string of the molecule is CCCC(=O)c1ccc2c(c1)N(CC(=O)N1CCN(c3ccccc3)CC1)C(=O)C(C)O2. The molecule has 0 spiro atoms. The summed E-state index contributed by atoms with van der Waals surface area (Å²) in [5.74, 6) is 0.168. The fraction of sp³-hybridized carbons (Fsp3) is 0.400. The van der Waals surface area contributed by atoms with Crippen LogP contribution < -0.4 is 14.5 Å². The second-order valence-corrected chi connectivity index (χ2v) is 8.24. The fourth-order valence-corrected chi connectivity index (χ4v) is 4.20. The van der Waals surface area contributed by atoms with Crippen LogP contribution in [0, 0.1) is 0 Å². The number of amides is 2. The van der Waals surface area contributed by atoms with Gasteiger partial charge in [-0.25, -0.2) is 0 Å². The lowest BCUT2D eigenvalue weighted by molar-refractivity contribution is -0.133. The van der Waals surface area contributed by atoms with E-state index >= 15 is 0 Å². The van der Waals surface area contributed by atoms with Gasteiger partial charge in [0.25, 0.3) is 5.91 Å². The number of carbonyl (C=O) groups is 3. The zero-order valence-electron chi connectivity index (χ0n) is 18.6. The quantitative estimate of drug-likeness (QED) is 0.652. The molecule has 2 aliphatic heterocycles. The average molecular weight is 436 g/mol. The van der Waals surface area contributed by atoms with Gasteiger partial charge in [0.2, 0.25) is 5.91 Å². The Hall–Kier alpha value is -3.35. The highest BCUT2D eigenvalue weighted by atomic mass is 16.5. The van der Waals surface area contributed by atoms with E-state index in [4.69, 9.17) is 4.74 Å². The summed E-state index contributed by atoms with van der Waals surface area (Å²) < 4.78 is 5.73. The molecular weight excluding hydrogens is 406 g/mol. The number of carbonyl (C=O) groups excluding carboxylic acids is 3. The van der Waals surface area contributed by atoms with Crippen LogP contribution in [0.15, 0.2) is 48.5 Å². The maximum absolute atomic E-state index is 13.1. The van der Waals surface area contributed by atoms with Crippen molar-refractivity contribution < 1.29 is 19.1 Å². The number of hydrogen-bond donors (Lipinski definition) is 0. The minimum absolute atomic E-state index is 0.0182. The molecule has 1 atom stereocenters. The third-order valence-corrected chi connectivity index (χ3v) is 6.01. The maximum Gasteiger partial charge on any atom is 0.268 e. The number of hydrogen-bond acceptors (Lipinski definition) is 5. The molecule has 1 fully saturated rings. The lowest BCUT2D eigenvalue weighted by Crippen LogP contribution is -2.54. The molecule has 2 aromatic carbocycles. The molecule has 2 amide bonds. The van der Waals surface area contributed by atoms with Gasteiger partial charge in [-0.1, -0.05) is 25.1 Å². The number of Topliss-reactive ketones (excluding diaryl/α,β-unsaturated/α-hetero) is 1. The number of nitrogens with zero attached hydrogens (tertiary/aromatic N) is 3. The van der Waals surface area contributed by atoms with Gasteiger partial charge < -0.3 is 14.5 Å². The summed E-state index contributed by atoms with van der Waals surface area (Å²) >= 11 is 0. The minimum atomic E-state index is -0.678. The molecule has 7 heteroatoms. The van der Waals surface area contributed by atoms with Crippen molar-refractivity contribution in [2.45, 2.75) is 32.8 Å². The summed E-state index contributed by atoms with van der Waals surface area (Å²) in [5, 5.41) is 0. The molecule has 168 valence electrons. The first kappa shape index (κ1) is 21.9. The minimum Gasteiger partial charge on any atom is -0.479 e. The summed E-state index contributed by atoms with van der Waals surface area (Å²) in [5.41, 5.74) is 2.17. The fourth-order valence-electron chi connectivity index (χ4n) is 4.20. The van der Waals surface area contributed by atoms with Crippen molar-refractivity contribution in [1.82, 2.24) is 4.90 Å². The molecule has 1 saturated heterocycles. The topological polar surface area (TPSA) is 70.2 Å². The molecule has 0 radical (unpaired) electrons. The summed E-state index contributed by atoms with van der Waals surface area (Å²) in [6.07, 6.45) is 0.510.